The highest BCUT2D eigenvalue weighted by Crippen LogP contribution is 2.55. The lowest BCUT2D eigenvalue weighted by Crippen LogP contribution is -2.56. The van der Waals surface area contributed by atoms with E-state index in [2.05, 4.69) is 13.5 Å². The molecule has 7 atom stereocenters. The summed E-state index contributed by atoms with van der Waals surface area (Å²) in [6, 6.07) is 0. The molecular formula is C20H34O5. The van der Waals surface area contributed by atoms with E-state index in [1.54, 1.807) is 0 Å². The number of ether oxygens (including phenoxy) is 2. The van der Waals surface area contributed by atoms with Gasteiger partial charge in [-0.2, -0.15) is 0 Å². The van der Waals surface area contributed by atoms with Crippen molar-refractivity contribution in [1.29, 1.82) is 0 Å². The molecule has 3 N–H and O–H groups in total. The fourth-order valence-electron chi connectivity index (χ4n) is 5.13. The van der Waals surface area contributed by atoms with Gasteiger partial charge >= 0.3 is 0 Å². The quantitative estimate of drug-likeness (QED) is 0.678. The van der Waals surface area contributed by atoms with Gasteiger partial charge in [0.25, 0.3) is 0 Å². The number of allylic oxidation sites excluding steroid dienone is 1. The molecule has 0 aromatic carbocycles. The second kappa shape index (κ2) is 6.93. The average Bonchev–Trinajstić information content (AvgIpc) is 2.55. The summed E-state index contributed by atoms with van der Waals surface area (Å²) in [4.78, 5) is 0. The van der Waals surface area contributed by atoms with Crippen LogP contribution in [0.3, 0.4) is 0 Å². The van der Waals surface area contributed by atoms with Crippen molar-refractivity contribution in [2.45, 2.75) is 89.5 Å². The molecule has 5 heteroatoms. The van der Waals surface area contributed by atoms with Crippen LogP contribution in [-0.4, -0.2) is 52.1 Å². The third kappa shape index (κ3) is 3.67. The lowest BCUT2D eigenvalue weighted by molar-refractivity contribution is -0.305. The van der Waals surface area contributed by atoms with E-state index in [1.165, 1.54) is 24.8 Å². The molecule has 1 aliphatic heterocycles. The summed E-state index contributed by atoms with van der Waals surface area (Å²) in [6.07, 6.45) is 2.51. The van der Waals surface area contributed by atoms with Crippen LogP contribution >= 0.6 is 0 Å². The smallest absolute Gasteiger partial charge is 0.186 e. The van der Waals surface area contributed by atoms with Gasteiger partial charge in [-0.3, -0.25) is 0 Å². The summed E-state index contributed by atoms with van der Waals surface area (Å²) in [5.74, 6) is 0.882. The van der Waals surface area contributed by atoms with Crippen LogP contribution in [0.2, 0.25) is 0 Å². The van der Waals surface area contributed by atoms with Gasteiger partial charge in [0.15, 0.2) is 6.29 Å². The van der Waals surface area contributed by atoms with Gasteiger partial charge in [-0.25, -0.2) is 0 Å². The third-order valence-electron chi connectivity index (χ3n) is 7.02. The Morgan fingerprint density at radius 2 is 1.92 bits per heavy atom. The third-order valence-corrected chi connectivity index (χ3v) is 7.02. The van der Waals surface area contributed by atoms with Gasteiger partial charge in [0.2, 0.25) is 0 Å². The second-order valence-corrected chi connectivity index (χ2v) is 9.16. The predicted octanol–water partition coefficient (Wildman–Crippen LogP) is 2.38. The van der Waals surface area contributed by atoms with Gasteiger partial charge in [-0.1, -0.05) is 19.1 Å². The Hall–Kier alpha value is -0.460. The van der Waals surface area contributed by atoms with Crippen molar-refractivity contribution >= 4 is 0 Å². The Morgan fingerprint density at radius 1 is 1.20 bits per heavy atom. The number of aliphatic hydroxyl groups excluding tert-OH is 3. The Labute approximate surface area is 151 Å². The van der Waals surface area contributed by atoms with E-state index < -0.39 is 30.2 Å². The highest BCUT2D eigenvalue weighted by atomic mass is 16.7. The fraction of sp³-hybridized carbons (Fsp3) is 0.900. The molecule has 1 heterocycles. The molecule has 5 nitrogen and oxygen atoms in total. The van der Waals surface area contributed by atoms with Crippen molar-refractivity contribution in [1.82, 2.24) is 0 Å². The molecule has 3 fully saturated rings. The standard InChI is InChI=1S/C20H34O5/c1-12-6-5-8-20(4)9-7-13(10-14(12)20)19(2,3)25-18-17(23)16(22)15(21)11-24-18/h13-18,21-23H,1,5-11H2,2-4H3/t13-,14+,15+,16+,17+,18-,20-/m1/s1. The lowest BCUT2D eigenvalue weighted by Gasteiger charge is -2.52. The molecule has 0 amide bonds. The summed E-state index contributed by atoms with van der Waals surface area (Å²) in [6.45, 7) is 10.8. The minimum absolute atomic E-state index is 0.0266. The van der Waals surface area contributed by atoms with E-state index in [1.807, 2.05) is 13.8 Å². The lowest BCUT2D eigenvalue weighted by atomic mass is 9.55. The SMILES string of the molecule is C=C1CCC[C@]2(C)CC[C@@H](C(C)(C)O[C@H]3OC[C@H](O)[C@H](O)[C@@H]3O)C[C@@H]12. The molecule has 3 rings (SSSR count). The van der Waals surface area contributed by atoms with Crippen LogP contribution in [0.4, 0.5) is 0 Å². The van der Waals surface area contributed by atoms with Crippen molar-refractivity contribution in [2.75, 3.05) is 6.61 Å². The Balaban J connectivity index is 1.67. The van der Waals surface area contributed by atoms with Gasteiger partial charge in [0.05, 0.1) is 12.2 Å². The molecule has 2 aliphatic carbocycles. The van der Waals surface area contributed by atoms with E-state index in [0.29, 0.717) is 17.3 Å². The second-order valence-electron chi connectivity index (χ2n) is 9.16. The van der Waals surface area contributed by atoms with Crippen LogP contribution in [-0.2, 0) is 9.47 Å². The van der Waals surface area contributed by atoms with Crippen molar-refractivity contribution in [2.24, 2.45) is 17.3 Å². The maximum atomic E-state index is 10.2. The zero-order valence-electron chi connectivity index (χ0n) is 15.8. The molecule has 0 aromatic rings. The van der Waals surface area contributed by atoms with Crippen LogP contribution in [0, 0.1) is 17.3 Å². The first kappa shape index (κ1) is 19.3. The Morgan fingerprint density at radius 3 is 2.64 bits per heavy atom. The summed E-state index contributed by atoms with van der Waals surface area (Å²) >= 11 is 0. The maximum Gasteiger partial charge on any atom is 0.186 e. The Bertz CT molecular complexity index is 504. The van der Waals surface area contributed by atoms with E-state index in [0.717, 1.165) is 19.3 Å². The van der Waals surface area contributed by atoms with Gasteiger partial charge in [-0.15, -0.1) is 0 Å². The van der Waals surface area contributed by atoms with Crippen molar-refractivity contribution in [3.05, 3.63) is 12.2 Å². The fourth-order valence-corrected chi connectivity index (χ4v) is 5.13. The molecule has 0 spiro atoms. The van der Waals surface area contributed by atoms with Crippen LogP contribution in [0.1, 0.15) is 59.3 Å². The van der Waals surface area contributed by atoms with Gasteiger partial charge in [0, 0.05) is 0 Å². The van der Waals surface area contributed by atoms with E-state index in [9.17, 15) is 15.3 Å². The Kier molecular flexibility index (Phi) is 5.35. The molecule has 1 saturated heterocycles. The number of rotatable bonds is 3. The average molecular weight is 354 g/mol. The van der Waals surface area contributed by atoms with Crippen molar-refractivity contribution < 1.29 is 24.8 Å². The van der Waals surface area contributed by atoms with E-state index in [-0.39, 0.29) is 6.61 Å². The molecule has 3 aliphatic rings. The normalized spacial score (nSPS) is 45.9. The zero-order chi connectivity index (χ0) is 18.4. The van der Waals surface area contributed by atoms with Gasteiger partial charge in [-0.05, 0) is 69.6 Å². The van der Waals surface area contributed by atoms with Crippen LogP contribution in [0.15, 0.2) is 12.2 Å². The molecular weight excluding hydrogens is 320 g/mol. The largest absolute Gasteiger partial charge is 0.388 e. The molecule has 144 valence electrons. The number of hydrogen-bond acceptors (Lipinski definition) is 5. The van der Waals surface area contributed by atoms with E-state index >= 15 is 0 Å². The van der Waals surface area contributed by atoms with E-state index in [4.69, 9.17) is 9.47 Å². The minimum atomic E-state index is -1.23. The minimum Gasteiger partial charge on any atom is -0.388 e. The molecule has 0 aromatic heterocycles. The monoisotopic (exact) mass is 354 g/mol. The highest BCUT2D eigenvalue weighted by molar-refractivity contribution is 5.13. The molecule has 2 saturated carbocycles. The molecule has 0 unspecified atom stereocenters. The number of hydrogen-bond donors (Lipinski definition) is 3. The number of aliphatic hydroxyl groups is 3. The predicted molar refractivity (Wildman–Crippen MR) is 94.9 cm³/mol. The van der Waals surface area contributed by atoms with Crippen molar-refractivity contribution in [3.8, 4) is 0 Å². The zero-order valence-corrected chi connectivity index (χ0v) is 15.8. The summed E-state index contributed by atoms with van der Waals surface area (Å²) < 4.78 is 11.6. The van der Waals surface area contributed by atoms with Crippen LogP contribution in [0.5, 0.6) is 0 Å². The van der Waals surface area contributed by atoms with Crippen LogP contribution in [0.25, 0.3) is 0 Å². The summed E-state index contributed by atoms with van der Waals surface area (Å²) in [5, 5.41) is 29.6. The summed E-state index contributed by atoms with van der Waals surface area (Å²) in [5.41, 5.74) is 1.26. The van der Waals surface area contributed by atoms with Crippen molar-refractivity contribution in [3.63, 3.8) is 0 Å². The van der Waals surface area contributed by atoms with Gasteiger partial charge in [0.1, 0.15) is 18.3 Å². The first-order chi connectivity index (χ1) is 11.6. The first-order valence-electron chi connectivity index (χ1n) is 9.65. The first-order valence-corrected chi connectivity index (χ1v) is 9.65. The maximum absolute atomic E-state index is 10.2. The molecule has 0 bridgehead atoms. The molecule has 25 heavy (non-hydrogen) atoms. The summed E-state index contributed by atoms with van der Waals surface area (Å²) in [7, 11) is 0. The van der Waals surface area contributed by atoms with Crippen LogP contribution < -0.4 is 0 Å². The topological polar surface area (TPSA) is 79.2 Å². The number of fused-ring (bicyclic) bond motifs is 1. The van der Waals surface area contributed by atoms with Gasteiger partial charge < -0.3 is 24.8 Å². The highest BCUT2D eigenvalue weighted by Gasteiger charge is 2.48. The molecule has 0 radical (unpaired) electrons.